The largest absolute Gasteiger partial charge is 0.418 e. The van der Waals surface area contributed by atoms with Gasteiger partial charge in [0, 0.05) is 18.8 Å². The fourth-order valence-corrected chi connectivity index (χ4v) is 3.15. The highest BCUT2D eigenvalue weighted by atomic mass is 19.4. The quantitative estimate of drug-likeness (QED) is 0.606. The SMILES string of the molecule is CCN(CC(F)F)[C@@H](CN)C(=O)Nc1ccc(N2CCOCC2=O)c(C(F)(F)F)c1. The van der Waals surface area contributed by atoms with Crippen molar-refractivity contribution in [3.05, 3.63) is 23.8 Å². The first-order valence-corrected chi connectivity index (χ1v) is 9.21. The second-order valence-corrected chi connectivity index (χ2v) is 6.55. The van der Waals surface area contributed by atoms with Crippen molar-refractivity contribution in [3.8, 4) is 0 Å². The van der Waals surface area contributed by atoms with Crippen LogP contribution in [-0.2, 0) is 20.5 Å². The van der Waals surface area contributed by atoms with Crippen molar-refractivity contribution in [2.75, 3.05) is 49.6 Å². The number of alkyl halides is 5. The van der Waals surface area contributed by atoms with Gasteiger partial charge in [0.1, 0.15) is 12.6 Å². The number of nitrogens with one attached hydrogen (secondary N) is 1. The van der Waals surface area contributed by atoms with Gasteiger partial charge in [0.05, 0.1) is 24.4 Å². The molecule has 0 bridgehead atoms. The molecule has 0 unspecified atom stereocenters. The molecule has 0 saturated carbocycles. The molecule has 0 aliphatic carbocycles. The number of rotatable bonds is 8. The van der Waals surface area contributed by atoms with Crippen LogP contribution in [0.15, 0.2) is 18.2 Å². The van der Waals surface area contributed by atoms with Crippen molar-refractivity contribution >= 4 is 23.2 Å². The third-order valence-electron chi connectivity index (χ3n) is 4.59. The van der Waals surface area contributed by atoms with Crippen LogP contribution < -0.4 is 16.0 Å². The molecule has 3 N–H and O–H groups in total. The monoisotopic (exact) mass is 438 g/mol. The average Bonchev–Trinajstić information content (AvgIpc) is 2.67. The summed E-state index contributed by atoms with van der Waals surface area (Å²) >= 11 is 0. The lowest BCUT2D eigenvalue weighted by molar-refractivity contribution is -0.137. The summed E-state index contributed by atoms with van der Waals surface area (Å²) in [5.41, 5.74) is 3.88. The number of anilines is 2. The van der Waals surface area contributed by atoms with Gasteiger partial charge in [-0.25, -0.2) is 8.78 Å². The molecule has 1 aliphatic rings. The Labute approximate surface area is 169 Å². The lowest BCUT2D eigenvalue weighted by Crippen LogP contribution is -2.50. The second-order valence-electron chi connectivity index (χ2n) is 6.55. The van der Waals surface area contributed by atoms with Crippen LogP contribution in [0.3, 0.4) is 0 Å². The maximum atomic E-state index is 13.6. The fourth-order valence-electron chi connectivity index (χ4n) is 3.15. The zero-order chi connectivity index (χ0) is 22.5. The Kier molecular flexibility index (Phi) is 8.10. The maximum absolute atomic E-state index is 13.6. The lowest BCUT2D eigenvalue weighted by atomic mass is 10.1. The predicted molar refractivity (Wildman–Crippen MR) is 99.3 cm³/mol. The summed E-state index contributed by atoms with van der Waals surface area (Å²) in [4.78, 5) is 26.5. The molecule has 7 nitrogen and oxygen atoms in total. The number of hydrogen-bond acceptors (Lipinski definition) is 5. The lowest BCUT2D eigenvalue weighted by Gasteiger charge is -2.30. The molecule has 2 amide bonds. The number of ether oxygens (including phenoxy) is 1. The minimum Gasteiger partial charge on any atom is -0.370 e. The molecular formula is C18H23F5N4O3. The van der Waals surface area contributed by atoms with Gasteiger partial charge in [-0.1, -0.05) is 6.92 Å². The molecule has 0 spiro atoms. The number of likely N-dealkylation sites (N-methyl/N-ethyl adjacent to an activating group) is 1. The Balaban J connectivity index is 2.29. The summed E-state index contributed by atoms with van der Waals surface area (Å²) in [6, 6.07) is 1.85. The number of carbonyl (C=O) groups is 2. The van der Waals surface area contributed by atoms with Crippen LogP contribution >= 0.6 is 0 Å². The first-order valence-electron chi connectivity index (χ1n) is 9.21. The van der Waals surface area contributed by atoms with Crippen LogP contribution in [0.5, 0.6) is 0 Å². The van der Waals surface area contributed by atoms with Crippen molar-refractivity contribution in [2.45, 2.75) is 25.6 Å². The number of amides is 2. The number of morpholine rings is 1. The fraction of sp³-hybridized carbons (Fsp3) is 0.556. The summed E-state index contributed by atoms with van der Waals surface area (Å²) in [7, 11) is 0. The molecule has 1 heterocycles. The molecule has 0 radical (unpaired) electrons. The van der Waals surface area contributed by atoms with E-state index in [9.17, 15) is 31.5 Å². The number of benzene rings is 1. The zero-order valence-corrected chi connectivity index (χ0v) is 16.2. The van der Waals surface area contributed by atoms with Gasteiger partial charge in [-0.15, -0.1) is 0 Å². The number of nitrogens with zero attached hydrogens (tertiary/aromatic N) is 2. The highest BCUT2D eigenvalue weighted by Crippen LogP contribution is 2.38. The molecule has 168 valence electrons. The second kappa shape index (κ2) is 10.1. The van der Waals surface area contributed by atoms with Gasteiger partial charge in [0.25, 0.3) is 12.3 Å². The van der Waals surface area contributed by atoms with E-state index in [1.165, 1.54) is 6.07 Å². The molecule has 2 rings (SSSR count). The molecule has 1 saturated heterocycles. The Morgan fingerprint density at radius 1 is 1.37 bits per heavy atom. The van der Waals surface area contributed by atoms with Crippen LogP contribution in [0.25, 0.3) is 0 Å². The molecule has 0 aromatic heterocycles. The first kappa shape index (κ1) is 24.0. The minimum atomic E-state index is -4.80. The molecule has 30 heavy (non-hydrogen) atoms. The van der Waals surface area contributed by atoms with Gasteiger partial charge in [-0.2, -0.15) is 13.2 Å². The van der Waals surface area contributed by atoms with Gasteiger partial charge in [-0.05, 0) is 24.7 Å². The summed E-state index contributed by atoms with van der Waals surface area (Å²) in [6.07, 6.45) is -7.50. The van der Waals surface area contributed by atoms with Crippen molar-refractivity contribution in [1.29, 1.82) is 0 Å². The Hall–Kier alpha value is -2.31. The summed E-state index contributed by atoms with van der Waals surface area (Å²) in [6.45, 7) is 0.403. The highest BCUT2D eigenvalue weighted by molar-refractivity contribution is 5.98. The third kappa shape index (κ3) is 5.86. The van der Waals surface area contributed by atoms with E-state index in [1.807, 2.05) is 0 Å². The first-order chi connectivity index (χ1) is 14.1. The van der Waals surface area contributed by atoms with E-state index in [0.29, 0.717) is 6.07 Å². The van der Waals surface area contributed by atoms with Crippen LogP contribution in [-0.4, -0.2) is 68.6 Å². The maximum Gasteiger partial charge on any atom is 0.418 e. The standard InChI is InChI=1S/C18H23F5N4O3/c1-2-26(9-15(19)20)14(8-24)17(29)25-11-3-4-13(12(7-11)18(21,22)23)27-5-6-30-10-16(27)28/h3-4,7,14-15H,2,5-6,8-10,24H2,1H3,(H,25,29)/t14-/m0/s1. The normalized spacial score (nSPS) is 16.3. The van der Waals surface area contributed by atoms with Crippen molar-refractivity contribution < 1.29 is 36.3 Å². The van der Waals surface area contributed by atoms with Crippen LogP contribution in [0, 0.1) is 0 Å². The van der Waals surface area contributed by atoms with E-state index in [4.69, 9.17) is 10.5 Å². The van der Waals surface area contributed by atoms with Gasteiger partial charge in [0.15, 0.2) is 0 Å². The molecule has 1 atom stereocenters. The van der Waals surface area contributed by atoms with Gasteiger partial charge in [-0.3, -0.25) is 14.5 Å². The highest BCUT2D eigenvalue weighted by Gasteiger charge is 2.37. The molecule has 1 aromatic rings. The van der Waals surface area contributed by atoms with Gasteiger partial charge >= 0.3 is 6.18 Å². The van der Waals surface area contributed by atoms with E-state index < -0.39 is 42.6 Å². The molecule has 12 heteroatoms. The zero-order valence-electron chi connectivity index (χ0n) is 16.2. The van der Waals surface area contributed by atoms with E-state index in [0.717, 1.165) is 15.9 Å². The topological polar surface area (TPSA) is 87.9 Å². The third-order valence-corrected chi connectivity index (χ3v) is 4.59. The van der Waals surface area contributed by atoms with Crippen molar-refractivity contribution in [1.82, 2.24) is 4.90 Å². The van der Waals surface area contributed by atoms with Crippen molar-refractivity contribution in [3.63, 3.8) is 0 Å². The number of carbonyl (C=O) groups excluding carboxylic acids is 2. The van der Waals surface area contributed by atoms with E-state index in [-0.39, 0.29) is 44.2 Å². The van der Waals surface area contributed by atoms with Crippen LogP contribution in [0.4, 0.5) is 33.3 Å². The van der Waals surface area contributed by atoms with Crippen LogP contribution in [0.1, 0.15) is 12.5 Å². The van der Waals surface area contributed by atoms with Crippen LogP contribution in [0.2, 0.25) is 0 Å². The smallest absolute Gasteiger partial charge is 0.370 e. The van der Waals surface area contributed by atoms with Gasteiger partial charge < -0.3 is 20.7 Å². The summed E-state index contributed by atoms with van der Waals surface area (Å²) in [5.74, 6) is -1.42. The van der Waals surface area contributed by atoms with E-state index in [1.54, 1.807) is 6.92 Å². The Morgan fingerprint density at radius 2 is 2.07 bits per heavy atom. The predicted octanol–water partition coefficient (Wildman–Crippen LogP) is 1.92. The number of halogens is 5. The molecule has 1 aromatic carbocycles. The Morgan fingerprint density at radius 3 is 2.60 bits per heavy atom. The summed E-state index contributed by atoms with van der Waals surface area (Å²) < 4.78 is 71.2. The van der Waals surface area contributed by atoms with Gasteiger partial charge in [0.2, 0.25) is 5.91 Å². The molecular weight excluding hydrogens is 415 g/mol. The van der Waals surface area contributed by atoms with E-state index in [2.05, 4.69) is 5.32 Å². The van der Waals surface area contributed by atoms with Crippen molar-refractivity contribution in [2.24, 2.45) is 5.73 Å². The number of hydrogen-bond donors (Lipinski definition) is 2. The van der Waals surface area contributed by atoms with E-state index >= 15 is 0 Å². The minimum absolute atomic E-state index is 0.0397. The number of nitrogens with two attached hydrogens (primary N) is 1. The summed E-state index contributed by atoms with van der Waals surface area (Å²) in [5, 5.41) is 2.30. The molecule has 1 fully saturated rings. The molecule has 1 aliphatic heterocycles. The average molecular weight is 438 g/mol. The Bertz CT molecular complexity index is 760.